The summed E-state index contributed by atoms with van der Waals surface area (Å²) < 4.78 is 0. The van der Waals surface area contributed by atoms with E-state index < -0.39 is 0 Å². The van der Waals surface area contributed by atoms with Crippen LogP contribution in [0, 0.1) is 5.41 Å². The van der Waals surface area contributed by atoms with Crippen molar-refractivity contribution in [3.05, 3.63) is 0 Å². The summed E-state index contributed by atoms with van der Waals surface area (Å²) in [5.74, 6) is 0. The number of rotatable bonds is 20. The Morgan fingerprint density at radius 2 is 0.679 bits per heavy atom. The lowest BCUT2D eigenvalue weighted by Gasteiger charge is -2.42. The third-order valence-corrected chi connectivity index (χ3v) is 6.95. The van der Waals surface area contributed by atoms with E-state index in [9.17, 15) is 0 Å². The van der Waals surface area contributed by atoms with Crippen LogP contribution in [-0.2, 0) is 0 Å². The van der Waals surface area contributed by atoms with Crippen LogP contribution in [-0.4, -0.2) is 5.54 Å². The second-order valence-corrected chi connectivity index (χ2v) is 10.6. The van der Waals surface area contributed by atoms with Crippen molar-refractivity contribution in [2.24, 2.45) is 11.1 Å². The van der Waals surface area contributed by atoms with Crippen molar-refractivity contribution < 1.29 is 0 Å². The third kappa shape index (κ3) is 14.9. The van der Waals surface area contributed by atoms with Crippen LogP contribution in [0.25, 0.3) is 0 Å². The monoisotopic (exact) mass is 395 g/mol. The first-order valence-corrected chi connectivity index (χ1v) is 13.2. The molecule has 0 heterocycles. The summed E-state index contributed by atoms with van der Waals surface area (Å²) in [6, 6.07) is 0. The fourth-order valence-electron chi connectivity index (χ4n) is 4.38. The Morgan fingerprint density at radius 1 is 0.429 bits per heavy atom. The van der Waals surface area contributed by atoms with E-state index in [0.29, 0.717) is 0 Å². The molecule has 0 aliphatic rings. The van der Waals surface area contributed by atoms with Gasteiger partial charge in [-0.05, 0) is 18.3 Å². The van der Waals surface area contributed by atoms with Crippen LogP contribution in [0.15, 0.2) is 0 Å². The SMILES string of the molecule is CCCCCCCCCCCC(N)(CCCCCCCCCCC)C(C)(C)C. The number of hydrogen-bond donors (Lipinski definition) is 1. The van der Waals surface area contributed by atoms with Gasteiger partial charge in [0.05, 0.1) is 0 Å². The van der Waals surface area contributed by atoms with Gasteiger partial charge in [-0.2, -0.15) is 0 Å². The zero-order valence-corrected chi connectivity index (χ0v) is 20.7. The van der Waals surface area contributed by atoms with E-state index in [1.807, 2.05) is 0 Å². The van der Waals surface area contributed by atoms with E-state index in [0.717, 1.165) is 0 Å². The quantitative estimate of drug-likeness (QED) is 0.204. The van der Waals surface area contributed by atoms with Crippen molar-refractivity contribution >= 4 is 0 Å². The first kappa shape index (κ1) is 28.0. The van der Waals surface area contributed by atoms with Crippen molar-refractivity contribution in [3.8, 4) is 0 Å². The molecule has 1 nitrogen and oxygen atoms in total. The lowest BCUT2D eigenvalue weighted by atomic mass is 9.68. The van der Waals surface area contributed by atoms with Crippen molar-refractivity contribution in [1.82, 2.24) is 0 Å². The zero-order chi connectivity index (χ0) is 21.1. The lowest BCUT2D eigenvalue weighted by molar-refractivity contribution is 0.152. The molecule has 0 aromatic heterocycles. The summed E-state index contributed by atoms with van der Waals surface area (Å²) >= 11 is 0. The van der Waals surface area contributed by atoms with Crippen molar-refractivity contribution in [2.75, 3.05) is 0 Å². The molecule has 0 rings (SSSR count). The van der Waals surface area contributed by atoms with Gasteiger partial charge in [-0.3, -0.25) is 0 Å². The largest absolute Gasteiger partial charge is 0.325 e. The molecule has 28 heavy (non-hydrogen) atoms. The fraction of sp³-hybridized carbons (Fsp3) is 1.00. The van der Waals surface area contributed by atoms with Gasteiger partial charge in [-0.15, -0.1) is 0 Å². The molecule has 0 saturated heterocycles. The molecule has 1 heteroatoms. The standard InChI is InChI=1S/C27H57N/c1-6-8-10-12-14-16-18-20-22-24-27(28,26(3,4)5)25-23-21-19-17-15-13-11-9-7-2/h6-25,28H2,1-5H3. The summed E-state index contributed by atoms with van der Waals surface area (Å²) in [6.07, 6.45) is 27.6. The first-order chi connectivity index (χ1) is 13.4. The second-order valence-electron chi connectivity index (χ2n) is 10.6. The van der Waals surface area contributed by atoms with Gasteiger partial charge in [0.15, 0.2) is 0 Å². The van der Waals surface area contributed by atoms with Crippen LogP contribution < -0.4 is 5.73 Å². The second kappa shape index (κ2) is 17.8. The van der Waals surface area contributed by atoms with Crippen LogP contribution in [0.1, 0.15) is 163 Å². The molecule has 0 aromatic rings. The Labute approximate surface area is 180 Å². The van der Waals surface area contributed by atoms with Crippen molar-refractivity contribution in [2.45, 2.75) is 169 Å². The third-order valence-electron chi connectivity index (χ3n) is 6.95. The minimum Gasteiger partial charge on any atom is -0.325 e. The smallest absolute Gasteiger partial charge is 0.0203 e. The van der Waals surface area contributed by atoms with Crippen LogP contribution in [0.3, 0.4) is 0 Å². The number of nitrogens with two attached hydrogens (primary N) is 1. The maximum Gasteiger partial charge on any atom is 0.0203 e. The number of unbranched alkanes of at least 4 members (excludes halogenated alkanes) is 16. The Hall–Kier alpha value is -0.0400. The highest BCUT2D eigenvalue weighted by Gasteiger charge is 2.36. The van der Waals surface area contributed by atoms with E-state index in [-0.39, 0.29) is 11.0 Å². The maximum atomic E-state index is 6.97. The fourth-order valence-corrected chi connectivity index (χ4v) is 4.38. The van der Waals surface area contributed by atoms with Gasteiger partial charge < -0.3 is 5.73 Å². The molecule has 0 radical (unpaired) electrons. The molecule has 0 aromatic carbocycles. The highest BCUT2D eigenvalue weighted by molar-refractivity contribution is 4.94. The highest BCUT2D eigenvalue weighted by atomic mass is 14.8. The van der Waals surface area contributed by atoms with Gasteiger partial charge in [-0.1, -0.05) is 150 Å². The molecule has 2 N–H and O–H groups in total. The summed E-state index contributed by atoms with van der Waals surface area (Å²) in [7, 11) is 0. The molecular weight excluding hydrogens is 338 g/mol. The molecule has 0 bridgehead atoms. The molecule has 0 atom stereocenters. The molecule has 0 spiro atoms. The highest BCUT2D eigenvalue weighted by Crippen LogP contribution is 2.37. The van der Waals surface area contributed by atoms with Crippen molar-refractivity contribution in [3.63, 3.8) is 0 Å². The molecule has 0 aliphatic heterocycles. The average Bonchev–Trinajstić information content (AvgIpc) is 2.64. The predicted octanol–water partition coefficient (Wildman–Crippen LogP) is 9.57. The summed E-state index contributed by atoms with van der Waals surface area (Å²) in [5, 5.41) is 0. The Bertz CT molecular complexity index is 293. The first-order valence-electron chi connectivity index (χ1n) is 13.2. The summed E-state index contributed by atoms with van der Waals surface area (Å²) in [6.45, 7) is 11.7. The van der Waals surface area contributed by atoms with E-state index in [2.05, 4.69) is 34.6 Å². The summed E-state index contributed by atoms with van der Waals surface area (Å²) in [4.78, 5) is 0. The molecule has 0 amide bonds. The van der Waals surface area contributed by atoms with E-state index >= 15 is 0 Å². The number of hydrogen-bond acceptors (Lipinski definition) is 1. The van der Waals surface area contributed by atoms with Gasteiger partial charge in [0.1, 0.15) is 0 Å². The molecule has 0 aliphatic carbocycles. The Balaban J connectivity index is 3.86. The predicted molar refractivity (Wildman–Crippen MR) is 130 cm³/mol. The van der Waals surface area contributed by atoms with Gasteiger partial charge in [-0.25, -0.2) is 0 Å². The van der Waals surface area contributed by atoms with Crippen LogP contribution in [0.5, 0.6) is 0 Å². The van der Waals surface area contributed by atoms with Gasteiger partial charge in [0.25, 0.3) is 0 Å². The minimum atomic E-state index is 0.0231. The molecular formula is C27H57N. The van der Waals surface area contributed by atoms with Gasteiger partial charge >= 0.3 is 0 Å². The normalized spacial score (nSPS) is 12.6. The maximum absolute atomic E-state index is 6.97. The van der Waals surface area contributed by atoms with Crippen LogP contribution >= 0.6 is 0 Å². The van der Waals surface area contributed by atoms with Crippen molar-refractivity contribution in [1.29, 1.82) is 0 Å². The van der Waals surface area contributed by atoms with E-state index in [1.54, 1.807) is 0 Å². The zero-order valence-electron chi connectivity index (χ0n) is 20.7. The minimum absolute atomic E-state index is 0.0231. The molecule has 0 unspecified atom stereocenters. The van der Waals surface area contributed by atoms with E-state index in [1.165, 1.54) is 128 Å². The lowest BCUT2D eigenvalue weighted by Crippen LogP contribution is -2.51. The topological polar surface area (TPSA) is 26.0 Å². The van der Waals surface area contributed by atoms with Gasteiger partial charge in [0.2, 0.25) is 0 Å². The van der Waals surface area contributed by atoms with Crippen LogP contribution in [0.2, 0.25) is 0 Å². The average molecular weight is 396 g/mol. The van der Waals surface area contributed by atoms with Crippen LogP contribution in [0.4, 0.5) is 0 Å². The Kier molecular flexibility index (Phi) is 17.8. The van der Waals surface area contributed by atoms with Gasteiger partial charge in [0, 0.05) is 5.54 Å². The summed E-state index contributed by atoms with van der Waals surface area (Å²) in [5.41, 5.74) is 7.21. The molecule has 0 fully saturated rings. The molecule has 170 valence electrons. The Morgan fingerprint density at radius 3 is 0.929 bits per heavy atom. The van der Waals surface area contributed by atoms with E-state index in [4.69, 9.17) is 5.73 Å². The molecule has 0 saturated carbocycles.